The van der Waals surface area contributed by atoms with Gasteiger partial charge in [0.05, 0.1) is 0 Å². The van der Waals surface area contributed by atoms with Crippen LogP contribution in [-0.4, -0.2) is 18.5 Å². The van der Waals surface area contributed by atoms with Gasteiger partial charge in [0.1, 0.15) is 0 Å². The summed E-state index contributed by atoms with van der Waals surface area (Å²) in [6, 6.07) is 8.81. The molecule has 144 valence electrons. The van der Waals surface area contributed by atoms with Crippen LogP contribution >= 0.6 is 0 Å². The Morgan fingerprint density at radius 1 is 1.19 bits per heavy atom. The summed E-state index contributed by atoms with van der Waals surface area (Å²) >= 11 is 0. The van der Waals surface area contributed by atoms with Crippen LogP contribution in [0.15, 0.2) is 54.3 Å². The number of hydrogen-bond donors (Lipinski definition) is 0. The Morgan fingerprint density at radius 2 is 1.88 bits per heavy atom. The summed E-state index contributed by atoms with van der Waals surface area (Å²) in [4.78, 5) is 2.40. The van der Waals surface area contributed by atoms with E-state index >= 15 is 0 Å². The second-order valence-electron chi connectivity index (χ2n) is 8.79. The van der Waals surface area contributed by atoms with Crippen LogP contribution in [0.3, 0.4) is 0 Å². The summed E-state index contributed by atoms with van der Waals surface area (Å²) in [5.41, 5.74) is 6.81. The van der Waals surface area contributed by atoms with E-state index in [1.807, 2.05) is 0 Å². The van der Waals surface area contributed by atoms with Gasteiger partial charge < -0.3 is 4.90 Å². The molecule has 0 aliphatic rings. The fourth-order valence-corrected chi connectivity index (χ4v) is 3.17. The summed E-state index contributed by atoms with van der Waals surface area (Å²) in [5, 5.41) is 0. The highest BCUT2D eigenvalue weighted by Crippen LogP contribution is 2.24. The van der Waals surface area contributed by atoms with Gasteiger partial charge in [-0.1, -0.05) is 82.7 Å². The van der Waals surface area contributed by atoms with Crippen LogP contribution < -0.4 is 0 Å². The number of allylic oxidation sites excluding steroid dienone is 4. The van der Waals surface area contributed by atoms with E-state index in [-0.39, 0.29) is 0 Å². The van der Waals surface area contributed by atoms with Crippen molar-refractivity contribution < 1.29 is 0 Å². The number of rotatable bonds is 9. The van der Waals surface area contributed by atoms with E-state index in [1.54, 1.807) is 0 Å². The molecule has 0 fully saturated rings. The summed E-state index contributed by atoms with van der Waals surface area (Å²) < 4.78 is 0. The second-order valence-corrected chi connectivity index (χ2v) is 8.79. The molecule has 1 rings (SSSR count). The van der Waals surface area contributed by atoms with Gasteiger partial charge in [-0.3, -0.25) is 0 Å². The monoisotopic (exact) mass is 353 g/mol. The van der Waals surface area contributed by atoms with Crippen molar-refractivity contribution in [2.75, 3.05) is 13.6 Å². The van der Waals surface area contributed by atoms with E-state index in [2.05, 4.69) is 96.5 Å². The molecule has 0 heterocycles. The molecule has 0 atom stereocenters. The zero-order chi connectivity index (χ0) is 19.7. The number of nitrogens with zero attached hydrogens (tertiary/aromatic N) is 1. The van der Waals surface area contributed by atoms with Gasteiger partial charge in [-0.15, -0.1) is 0 Å². The van der Waals surface area contributed by atoms with Gasteiger partial charge in [0, 0.05) is 25.7 Å². The molecule has 0 radical (unpaired) electrons. The van der Waals surface area contributed by atoms with E-state index < -0.39 is 0 Å². The van der Waals surface area contributed by atoms with Gasteiger partial charge in [-0.05, 0) is 48.8 Å². The first kappa shape index (κ1) is 22.3. The lowest BCUT2D eigenvalue weighted by Crippen LogP contribution is -2.19. The van der Waals surface area contributed by atoms with Crippen molar-refractivity contribution >= 4 is 5.57 Å². The minimum atomic E-state index is 0.303. The maximum Gasteiger partial charge on any atom is 0.0171 e. The normalized spacial score (nSPS) is 11.7. The van der Waals surface area contributed by atoms with E-state index in [9.17, 15) is 0 Å². The number of hydrogen-bond acceptors (Lipinski definition) is 1. The summed E-state index contributed by atoms with van der Waals surface area (Å²) in [5.74, 6) is 0. The Morgan fingerprint density at radius 3 is 2.46 bits per heavy atom. The Bertz CT molecular complexity index is 636. The van der Waals surface area contributed by atoms with Crippen LogP contribution in [0, 0.1) is 5.41 Å². The summed E-state index contributed by atoms with van der Waals surface area (Å²) in [7, 11) is 2.20. The van der Waals surface area contributed by atoms with Crippen molar-refractivity contribution in [3.8, 4) is 0 Å². The zero-order valence-electron chi connectivity index (χ0n) is 18.2. The first-order valence-electron chi connectivity index (χ1n) is 9.96. The van der Waals surface area contributed by atoms with Gasteiger partial charge in [-0.25, -0.2) is 0 Å². The number of benzene rings is 1. The molecular weight excluding hydrogens is 314 g/mol. The van der Waals surface area contributed by atoms with Gasteiger partial charge in [0.2, 0.25) is 0 Å². The first-order valence-corrected chi connectivity index (χ1v) is 9.96. The minimum Gasteiger partial charge on any atom is -0.378 e. The molecule has 0 aliphatic heterocycles. The molecule has 1 nitrogen and oxygen atoms in total. The highest BCUT2D eigenvalue weighted by molar-refractivity contribution is 5.72. The molecule has 0 saturated carbocycles. The molecule has 0 unspecified atom stereocenters. The molecular formula is C25H39N. The van der Waals surface area contributed by atoms with Gasteiger partial charge in [0.25, 0.3) is 0 Å². The maximum absolute atomic E-state index is 4.28. The zero-order valence-corrected chi connectivity index (χ0v) is 18.2. The average molecular weight is 354 g/mol. The molecule has 0 bridgehead atoms. The van der Waals surface area contributed by atoms with Crippen molar-refractivity contribution in [1.29, 1.82) is 0 Å². The van der Waals surface area contributed by atoms with Crippen molar-refractivity contribution in [2.24, 2.45) is 5.41 Å². The molecule has 1 aromatic rings. The minimum absolute atomic E-state index is 0.303. The Hall–Kier alpha value is -1.76. The maximum atomic E-state index is 4.28. The molecule has 0 amide bonds. The number of unbranched alkanes of at least 4 members (excludes halogenated alkanes) is 1. The Kier molecular flexibility index (Phi) is 8.92. The van der Waals surface area contributed by atoms with E-state index in [4.69, 9.17) is 0 Å². The van der Waals surface area contributed by atoms with Crippen molar-refractivity contribution in [2.45, 2.75) is 67.2 Å². The molecule has 0 aliphatic carbocycles. The molecule has 1 heteroatoms. The van der Waals surface area contributed by atoms with Crippen LogP contribution in [0.4, 0.5) is 0 Å². The third kappa shape index (κ3) is 8.08. The van der Waals surface area contributed by atoms with Crippen molar-refractivity contribution in [1.82, 2.24) is 4.90 Å². The van der Waals surface area contributed by atoms with Gasteiger partial charge >= 0.3 is 0 Å². The Labute approximate surface area is 162 Å². The predicted molar refractivity (Wildman–Crippen MR) is 118 cm³/mol. The largest absolute Gasteiger partial charge is 0.378 e. The van der Waals surface area contributed by atoms with Gasteiger partial charge in [-0.2, -0.15) is 0 Å². The quantitative estimate of drug-likeness (QED) is 0.422. The van der Waals surface area contributed by atoms with E-state index in [0.29, 0.717) is 5.41 Å². The lowest BCUT2D eigenvalue weighted by atomic mass is 9.87. The molecule has 0 spiro atoms. The van der Waals surface area contributed by atoms with Gasteiger partial charge in [0.15, 0.2) is 0 Å². The molecule has 1 aromatic carbocycles. The highest BCUT2D eigenvalue weighted by atomic mass is 15.1. The lowest BCUT2D eigenvalue weighted by Gasteiger charge is -2.23. The molecule has 0 N–H and O–H groups in total. The van der Waals surface area contributed by atoms with E-state index in [1.165, 1.54) is 35.2 Å². The molecule has 0 saturated heterocycles. The van der Waals surface area contributed by atoms with Crippen LogP contribution in [0.25, 0.3) is 5.57 Å². The summed E-state index contributed by atoms with van der Waals surface area (Å²) in [6.45, 7) is 18.9. The highest BCUT2D eigenvalue weighted by Gasteiger charge is 2.11. The fourth-order valence-electron chi connectivity index (χ4n) is 3.17. The lowest BCUT2D eigenvalue weighted by molar-refractivity contribution is 0.395. The molecule has 26 heavy (non-hydrogen) atoms. The fraction of sp³-hybridized carbons (Fsp3) is 0.520. The average Bonchev–Trinajstić information content (AvgIpc) is 2.54. The van der Waals surface area contributed by atoms with Crippen LogP contribution in [-0.2, 0) is 6.42 Å². The van der Waals surface area contributed by atoms with Crippen LogP contribution in [0.1, 0.15) is 71.9 Å². The molecule has 0 aromatic heterocycles. The van der Waals surface area contributed by atoms with E-state index in [0.717, 1.165) is 25.0 Å². The van der Waals surface area contributed by atoms with Crippen LogP contribution in [0.2, 0.25) is 0 Å². The SMILES string of the molecule is C=C(/C=C\CC(=C(C)C)N(C)CCCC)c1cccc(CC(C)(C)C)c1. The second kappa shape index (κ2) is 10.4. The predicted octanol–water partition coefficient (Wildman–Crippen LogP) is 7.26. The Balaban J connectivity index is 2.77. The first-order chi connectivity index (χ1) is 12.1. The smallest absolute Gasteiger partial charge is 0.0171 e. The van der Waals surface area contributed by atoms with Crippen molar-refractivity contribution in [3.63, 3.8) is 0 Å². The topological polar surface area (TPSA) is 3.24 Å². The third-order valence-corrected chi connectivity index (χ3v) is 4.55. The summed E-state index contributed by atoms with van der Waals surface area (Å²) in [6.07, 6.45) is 8.95. The van der Waals surface area contributed by atoms with Crippen LogP contribution in [0.5, 0.6) is 0 Å². The van der Waals surface area contributed by atoms with Crippen molar-refractivity contribution in [3.05, 3.63) is 65.4 Å². The third-order valence-electron chi connectivity index (χ3n) is 4.55. The standard InChI is InChI=1S/C25H39N/c1-9-10-17-26(8)24(20(2)3)16-11-13-21(4)23-15-12-14-22(18-23)19-25(5,6)7/h11-15,18H,4,9-10,16-17,19H2,1-3,5-8H3/b13-11-.